The van der Waals surface area contributed by atoms with Crippen LogP contribution in [0.15, 0.2) is 100 Å². The minimum absolute atomic E-state index is 0. The Kier molecular flexibility index (Phi) is 17.3. The first-order valence-electron chi connectivity index (χ1n) is 17.8. The molecule has 0 saturated heterocycles. The lowest BCUT2D eigenvalue weighted by atomic mass is 10.1. The molecule has 12 heteroatoms. The van der Waals surface area contributed by atoms with Gasteiger partial charge in [0.1, 0.15) is 43.5 Å². The normalized spacial score (nSPS) is 10.6. The van der Waals surface area contributed by atoms with Crippen LogP contribution in [0.2, 0.25) is 0 Å². The number of phenols is 1. The summed E-state index contributed by atoms with van der Waals surface area (Å²) in [5.41, 5.74) is 5.01. The molecule has 0 radical (unpaired) electrons. The van der Waals surface area contributed by atoms with Crippen LogP contribution in [0.3, 0.4) is 0 Å². The third-order valence-electron chi connectivity index (χ3n) is 7.46. The molecule has 0 fully saturated rings. The van der Waals surface area contributed by atoms with Crippen molar-refractivity contribution < 1.29 is 14.0 Å². The molecule has 0 saturated carbocycles. The summed E-state index contributed by atoms with van der Waals surface area (Å²) in [6.07, 6.45) is 6.24. The van der Waals surface area contributed by atoms with Gasteiger partial charge in [0.2, 0.25) is 0 Å². The van der Waals surface area contributed by atoms with Crippen molar-refractivity contribution in [2.45, 2.75) is 99.8 Å². The molecular weight excluding hydrogens is 715 g/mol. The molecule has 1 N–H and O–H groups in total. The Bertz CT molecular complexity index is 1990. The number of aryl methyl sites for hydroxylation is 1. The highest BCUT2D eigenvalue weighted by atomic mass is 32.1. The van der Waals surface area contributed by atoms with Crippen molar-refractivity contribution in [3.05, 3.63) is 119 Å². The zero-order valence-electron chi connectivity index (χ0n) is 31.9. The number of hydrogen-bond donors (Lipinski definition) is 1. The summed E-state index contributed by atoms with van der Waals surface area (Å²) in [5, 5.41) is 33.6. The second-order valence-electron chi connectivity index (χ2n) is 13.3. The van der Waals surface area contributed by atoms with Crippen LogP contribution in [0.5, 0.6) is 5.75 Å². The van der Waals surface area contributed by atoms with E-state index in [1.807, 2.05) is 60.8 Å². The molecule has 5 aromatic heterocycles. The molecular formula is C42H53N7O3S2. The number of aromatic hydroxyl groups is 1. The summed E-state index contributed by atoms with van der Waals surface area (Å²) >= 11 is 3.20. The largest absolute Gasteiger partial charge is 0.508 e. The van der Waals surface area contributed by atoms with Crippen LogP contribution in [0.25, 0.3) is 32.4 Å². The first kappa shape index (κ1) is 43.3. The van der Waals surface area contributed by atoms with Gasteiger partial charge in [-0.3, -0.25) is 4.98 Å². The molecule has 0 aliphatic carbocycles. The molecule has 7 rings (SSSR count). The average Bonchev–Trinajstić information content (AvgIpc) is 4.00. The summed E-state index contributed by atoms with van der Waals surface area (Å²) in [5.74, 6) is 3.67. The number of hydrogen-bond acceptors (Lipinski definition) is 12. The molecule has 0 amide bonds. The van der Waals surface area contributed by atoms with E-state index in [0.717, 1.165) is 66.2 Å². The topological polar surface area (TPSA) is 137 Å². The maximum Gasteiger partial charge on any atom is 0.197 e. The van der Waals surface area contributed by atoms with Crippen LogP contribution in [0, 0.1) is 0 Å². The Morgan fingerprint density at radius 2 is 1.28 bits per heavy atom. The van der Waals surface area contributed by atoms with Gasteiger partial charge in [-0.1, -0.05) is 140 Å². The fourth-order valence-electron chi connectivity index (χ4n) is 4.36. The van der Waals surface area contributed by atoms with E-state index in [4.69, 9.17) is 8.94 Å². The predicted octanol–water partition coefficient (Wildman–Crippen LogP) is 12.2. The fraction of sp³-hybridized carbons (Fsp3) is 0.357. The highest BCUT2D eigenvalue weighted by Gasteiger charge is 2.11. The van der Waals surface area contributed by atoms with E-state index in [1.54, 1.807) is 53.3 Å². The summed E-state index contributed by atoms with van der Waals surface area (Å²) in [7, 11) is 0. The van der Waals surface area contributed by atoms with Crippen LogP contribution >= 0.6 is 22.7 Å². The van der Waals surface area contributed by atoms with E-state index in [0.29, 0.717) is 23.7 Å². The monoisotopic (exact) mass is 767 g/mol. The summed E-state index contributed by atoms with van der Waals surface area (Å²) in [4.78, 5) is 8.47. The van der Waals surface area contributed by atoms with Crippen LogP contribution in [-0.4, -0.2) is 40.6 Å². The van der Waals surface area contributed by atoms with E-state index < -0.39 is 0 Å². The van der Waals surface area contributed by atoms with Crippen molar-refractivity contribution in [3.63, 3.8) is 0 Å². The van der Waals surface area contributed by atoms with Crippen LogP contribution in [-0.2, 0) is 6.42 Å². The average molecular weight is 768 g/mol. The second-order valence-corrected chi connectivity index (χ2v) is 15.3. The number of oxazole rings is 1. The molecule has 0 bridgehead atoms. The van der Waals surface area contributed by atoms with Gasteiger partial charge in [-0.15, -0.1) is 20.4 Å². The van der Waals surface area contributed by atoms with Crippen molar-refractivity contribution in [1.29, 1.82) is 0 Å². The second kappa shape index (κ2) is 21.6. The fourth-order valence-corrected chi connectivity index (χ4v) is 6.04. The summed E-state index contributed by atoms with van der Waals surface area (Å²) in [6, 6.07) is 23.0. The van der Waals surface area contributed by atoms with Gasteiger partial charge >= 0.3 is 0 Å². The number of benzene rings is 2. The van der Waals surface area contributed by atoms with Gasteiger partial charge in [-0.05, 0) is 30.7 Å². The lowest BCUT2D eigenvalue weighted by Crippen LogP contribution is -1.86. The molecule has 0 spiro atoms. The van der Waals surface area contributed by atoms with E-state index in [-0.39, 0.29) is 13.2 Å². The first-order chi connectivity index (χ1) is 25.4. The van der Waals surface area contributed by atoms with Crippen molar-refractivity contribution in [3.8, 4) is 38.1 Å². The molecule has 5 heterocycles. The zero-order valence-corrected chi connectivity index (χ0v) is 33.5. The van der Waals surface area contributed by atoms with E-state index in [9.17, 15) is 5.11 Å². The van der Waals surface area contributed by atoms with Crippen molar-refractivity contribution in [2.75, 3.05) is 0 Å². The van der Waals surface area contributed by atoms with Crippen molar-refractivity contribution in [1.82, 2.24) is 35.5 Å². The molecule has 10 nitrogen and oxygen atoms in total. The van der Waals surface area contributed by atoms with Gasteiger partial charge in [0, 0.05) is 58.8 Å². The Labute approximate surface area is 327 Å². The highest BCUT2D eigenvalue weighted by molar-refractivity contribution is 7.15. The maximum atomic E-state index is 9.35. The zero-order chi connectivity index (χ0) is 38.3. The van der Waals surface area contributed by atoms with Crippen molar-refractivity contribution in [2.24, 2.45) is 0 Å². The molecule has 286 valence electrons. The number of pyridine rings is 1. The van der Waals surface area contributed by atoms with Crippen LogP contribution in [0.1, 0.15) is 121 Å². The predicted molar refractivity (Wildman–Crippen MR) is 221 cm³/mol. The molecule has 0 aliphatic heterocycles. The molecule has 54 heavy (non-hydrogen) atoms. The third-order valence-corrected chi connectivity index (χ3v) is 10.0. The van der Waals surface area contributed by atoms with Gasteiger partial charge in [-0.2, -0.15) is 0 Å². The van der Waals surface area contributed by atoms with E-state index >= 15 is 0 Å². The van der Waals surface area contributed by atoms with Gasteiger partial charge < -0.3 is 14.0 Å². The third kappa shape index (κ3) is 13.1. The highest BCUT2D eigenvalue weighted by Crippen LogP contribution is 2.29. The molecule has 0 atom stereocenters. The standard InChI is InChI=1S/C12H13NO.C11H12N2OS.C10H11N3S.C8H13NO.CH4/c1-9(2)12-13-11(8-14-12)10-6-4-3-5-7-10;1-7(2)10-12-13-11(15-10)8-4-3-5-9(14)6-8;1-7(2)9-12-13-10(14-9)8-4-3-5-11-6-8;1-4-7-5-8(6(2)3)10-9-7;/h3-9H,1-2H3;3-7,14H,1-2H3;3-7H,1-2H3;5-6H,4H2,1-3H3;1H4. The Morgan fingerprint density at radius 1 is 0.667 bits per heavy atom. The first-order valence-corrected chi connectivity index (χ1v) is 19.4. The maximum absolute atomic E-state index is 9.35. The van der Waals surface area contributed by atoms with Gasteiger partial charge in [0.05, 0.1) is 5.69 Å². The number of phenolic OH excluding ortho intramolecular Hbond substituents is 1. The molecule has 7 aromatic rings. The Morgan fingerprint density at radius 3 is 1.74 bits per heavy atom. The summed E-state index contributed by atoms with van der Waals surface area (Å²) in [6.45, 7) is 18.8. The number of aromatic nitrogens is 7. The smallest absolute Gasteiger partial charge is 0.197 e. The van der Waals surface area contributed by atoms with E-state index in [2.05, 4.69) is 97.8 Å². The molecule has 2 aromatic carbocycles. The van der Waals surface area contributed by atoms with E-state index in [1.165, 1.54) is 0 Å². The number of nitrogens with zero attached hydrogens (tertiary/aromatic N) is 7. The van der Waals surface area contributed by atoms with Gasteiger partial charge in [0.15, 0.2) is 5.89 Å². The minimum Gasteiger partial charge on any atom is -0.508 e. The Balaban J connectivity index is 0.000000194. The SMILES string of the molecule is C.CC(C)c1nc(-c2ccccc2)co1.CC(C)c1nnc(-c2cccc(O)c2)s1.CC(C)c1nnc(-c2cccnc2)s1.CCc1cc(C(C)C)on1. The molecule has 0 aliphatic rings. The minimum atomic E-state index is 0. The summed E-state index contributed by atoms with van der Waals surface area (Å²) < 4.78 is 10.4. The lowest BCUT2D eigenvalue weighted by molar-refractivity contribution is 0.366. The van der Waals surface area contributed by atoms with Crippen molar-refractivity contribution >= 4 is 22.7 Å². The molecule has 0 unspecified atom stereocenters. The lowest BCUT2D eigenvalue weighted by Gasteiger charge is -1.96. The number of rotatable bonds is 8. The van der Waals surface area contributed by atoms with Crippen LogP contribution in [0.4, 0.5) is 0 Å². The van der Waals surface area contributed by atoms with Crippen LogP contribution < -0.4 is 0 Å². The van der Waals surface area contributed by atoms with Gasteiger partial charge in [-0.25, -0.2) is 4.98 Å². The quantitative estimate of drug-likeness (QED) is 0.159. The Hall–Kier alpha value is -5.07. The van der Waals surface area contributed by atoms with Gasteiger partial charge in [0.25, 0.3) is 0 Å².